The van der Waals surface area contributed by atoms with Gasteiger partial charge in [0.05, 0.1) is 18.7 Å². The average molecular weight is 314 g/mol. The standard InChI is InChI=1S/C14H20BrNO2/c1-9-10(14(2)6-5-7-16-14)8-11(17-3)13(18-4)12(9)15/h8,16H,5-7H2,1-4H3. The fraction of sp³-hybridized carbons (Fsp3) is 0.571. The van der Waals surface area contributed by atoms with Gasteiger partial charge in [-0.2, -0.15) is 0 Å². The van der Waals surface area contributed by atoms with Crippen LogP contribution in [0.5, 0.6) is 11.5 Å². The molecule has 1 atom stereocenters. The minimum atomic E-state index is 0.0339. The zero-order valence-corrected chi connectivity index (χ0v) is 13.0. The van der Waals surface area contributed by atoms with E-state index >= 15 is 0 Å². The third-order valence-electron chi connectivity index (χ3n) is 3.82. The van der Waals surface area contributed by atoms with E-state index in [2.05, 4.69) is 41.2 Å². The number of ether oxygens (including phenoxy) is 2. The Balaban J connectivity index is 2.58. The van der Waals surface area contributed by atoms with Crippen molar-refractivity contribution in [3.8, 4) is 11.5 Å². The molecule has 1 aliphatic rings. The van der Waals surface area contributed by atoms with E-state index in [0.717, 1.165) is 28.9 Å². The summed E-state index contributed by atoms with van der Waals surface area (Å²) in [5, 5.41) is 3.59. The zero-order chi connectivity index (χ0) is 13.3. The number of rotatable bonds is 3. The summed E-state index contributed by atoms with van der Waals surface area (Å²) >= 11 is 3.62. The SMILES string of the molecule is COc1cc(C2(C)CCCN2)c(C)c(Br)c1OC. The van der Waals surface area contributed by atoms with Crippen LogP contribution in [0.3, 0.4) is 0 Å². The van der Waals surface area contributed by atoms with Crippen molar-refractivity contribution in [1.29, 1.82) is 0 Å². The van der Waals surface area contributed by atoms with E-state index < -0.39 is 0 Å². The summed E-state index contributed by atoms with van der Waals surface area (Å²) < 4.78 is 11.8. The summed E-state index contributed by atoms with van der Waals surface area (Å²) in [6.07, 6.45) is 2.36. The van der Waals surface area contributed by atoms with Gasteiger partial charge in [-0.25, -0.2) is 0 Å². The Morgan fingerprint density at radius 2 is 2.06 bits per heavy atom. The zero-order valence-electron chi connectivity index (χ0n) is 11.4. The topological polar surface area (TPSA) is 30.5 Å². The van der Waals surface area contributed by atoms with Crippen molar-refractivity contribution in [3.05, 3.63) is 21.7 Å². The van der Waals surface area contributed by atoms with Crippen LogP contribution in [0.25, 0.3) is 0 Å². The van der Waals surface area contributed by atoms with Gasteiger partial charge < -0.3 is 14.8 Å². The fourth-order valence-electron chi connectivity index (χ4n) is 2.74. The van der Waals surface area contributed by atoms with Crippen LogP contribution in [-0.4, -0.2) is 20.8 Å². The first-order chi connectivity index (χ1) is 8.53. The summed E-state index contributed by atoms with van der Waals surface area (Å²) in [5.41, 5.74) is 2.53. The van der Waals surface area contributed by atoms with E-state index in [-0.39, 0.29) is 5.54 Å². The van der Waals surface area contributed by atoms with Gasteiger partial charge in [-0.3, -0.25) is 0 Å². The maximum atomic E-state index is 5.43. The van der Waals surface area contributed by atoms with Gasteiger partial charge in [-0.05, 0) is 66.4 Å². The highest BCUT2D eigenvalue weighted by atomic mass is 79.9. The number of hydrogen-bond acceptors (Lipinski definition) is 3. The molecule has 0 radical (unpaired) electrons. The van der Waals surface area contributed by atoms with Gasteiger partial charge in [-0.1, -0.05) is 0 Å². The molecule has 0 saturated carbocycles. The second-order valence-corrected chi connectivity index (χ2v) is 5.75. The summed E-state index contributed by atoms with van der Waals surface area (Å²) in [6, 6.07) is 2.09. The maximum absolute atomic E-state index is 5.43. The molecule has 1 fully saturated rings. The van der Waals surface area contributed by atoms with Crippen LogP contribution in [0, 0.1) is 6.92 Å². The van der Waals surface area contributed by atoms with Crippen molar-refractivity contribution in [1.82, 2.24) is 5.32 Å². The Morgan fingerprint density at radius 1 is 1.33 bits per heavy atom. The first-order valence-corrected chi connectivity index (χ1v) is 6.99. The quantitative estimate of drug-likeness (QED) is 0.928. The molecule has 4 heteroatoms. The lowest BCUT2D eigenvalue weighted by Crippen LogP contribution is -2.34. The summed E-state index contributed by atoms with van der Waals surface area (Å²) in [5.74, 6) is 1.54. The molecule has 1 heterocycles. The highest BCUT2D eigenvalue weighted by Gasteiger charge is 2.33. The molecule has 1 aliphatic heterocycles. The molecule has 0 amide bonds. The van der Waals surface area contributed by atoms with E-state index in [1.54, 1.807) is 14.2 Å². The molecule has 1 unspecified atom stereocenters. The van der Waals surface area contributed by atoms with Gasteiger partial charge >= 0.3 is 0 Å². The van der Waals surface area contributed by atoms with Gasteiger partial charge in [0.2, 0.25) is 0 Å². The molecule has 0 aliphatic carbocycles. The van der Waals surface area contributed by atoms with Crippen LogP contribution in [0.4, 0.5) is 0 Å². The third kappa shape index (κ3) is 2.12. The Bertz CT molecular complexity index is 454. The number of nitrogens with one attached hydrogen (secondary N) is 1. The van der Waals surface area contributed by atoms with E-state index in [1.165, 1.54) is 17.5 Å². The summed E-state index contributed by atoms with van der Waals surface area (Å²) in [6.45, 7) is 5.44. The van der Waals surface area contributed by atoms with E-state index in [9.17, 15) is 0 Å². The Hall–Kier alpha value is -0.740. The van der Waals surface area contributed by atoms with Gasteiger partial charge in [0.25, 0.3) is 0 Å². The van der Waals surface area contributed by atoms with E-state index in [0.29, 0.717) is 0 Å². The third-order valence-corrected chi connectivity index (χ3v) is 4.77. The smallest absolute Gasteiger partial charge is 0.175 e. The van der Waals surface area contributed by atoms with E-state index in [4.69, 9.17) is 9.47 Å². The van der Waals surface area contributed by atoms with E-state index in [1.807, 2.05) is 0 Å². The second-order valence-electron chi connectivity index (χ2n) is 4.96. The normalized spacial score (nSPS) is 23.2. The predicted molar refractivity (Wildman–Crippen MR) is 76.6 cm³/mol. The summed E-state index contributed by atoms with van der Waals surface area (Å²) in [4.78, 5) is 0. The van der Waals surface area contributed by atoms with Crippen LogP contribution in [0.2, 0.25) is 0 Å². The maximum Gasteiger partial charge on any atom is 0.175 e. The largest absolute Gasteiger partial charge is 0.493 e. The highest BCUT2D eigenvalue weighted by molar-refractivity contribution is 9.10. The van der Waals surface area contributed by atoms with Crippen molar-refractivity contribution < 1.29 is 9.47 Å². The summed E-state index contributed by atoms with van der Waals surface area (Å²) in [7, 11) is 3.34. The molecule has 0 bridgehead atoms. The molecule has 0 spiro atoms. The number of benzene rings is 1. The molecule has 1 saturated heterocycles. The average Bonchev–Trinajstić information content (AvgIpc) is 2.80. The second kappa shape index (κ2) is 5.10. The molecule has 1 aromatic rings. The minimum absolute atomic E-state index is 0.0339. The molecule has 0 aromatic heterocycles. The van der Waals surface area contributed by atoms with Crippen molar-refractivity contribution in [3.63, 3.8) is 0 Å². The molecular formula is C14H20BrNO2. The Morgan fingerprint density at radius 3 is 2.56 bits per heavy atom. The van der Waals surface area contributed by atoms with Crippen molar-refractivity contribution in [2.45, 2.75) is 32.2 Å². The lowest BCUT2D eigenvalue weighted by molar-refractivity contribution is 0.348. The number of hydrogen-bond donors (Lipinski definition) is 1. The fourth-order valence-corrected chi connectivity index (χ4v) is 3.31. The molecule has 2 rings (SSSR count). The monoisotopic (exact) mass is 313 g/mol. The lowest BCUT2D eigenvalue weighted by Gasteiger charge is -2.29. The lowest BCUT2D eigenvalue weighted by atomic mass is 9.87. The van der Waals surface area contributed by atoms with Crippen molar-refractivity contribution >= 4 is 15.9 Å². The number of halogens is 1. The van der Waals surface area contributed by atoms with Crippen LogP contribution < -0.4 is 14.8 Å². The minimum Gasteiger partial charge on any atom is -0.493 e. The van der Waals surface area contributed by atoms with Gasteiger partial charge in [0.15, 0.2) is 11.5 Å². The molecule has 100 valence electrons. The Kier molecular flexibility index (Phi) is 3.87. The molecule has 1 N–H and O–H groups in total. The van der Waals surface area contributed by atoms with Gasteiger partial charge in [0.1, 0.15) is 0 Å². The first kappa shape index (κ1) is 13.7. The number of methoxy groups -OCH3 is 2. The molecule has 18 heavy (non-hydrogen) atoms. The molecule has 1 aromatic carbocycles. The van der Waals surface area contributed by atoms with Crippen molar-refractivity contribution in [2.24, 2.45) is 0 Å². The van der Waals surface area contributed by atoms with Crippen molar-refractivity contribution in [2.75, 3.05) is 20.8 Å². The van der Waals surface area contributed by atoms with Crippen LogP contribution in [0.1, 0.15) is 30.9 Å². The molecule has 3 nitrogen and oxygen atoms in total. The van der Waals surface area contributed by atoms with Crippen LogP contribution in [-0.2, 0) is 5.54 Å². The highest BCUT2D eigenvalue weighted by Crippen LogP contribution is 2.44. The van der Waals surface area contributed by atoms with Gasteiger partial charge in [0, 0.05) is 5.54 Å². The Labute approximate surface area is 117 Å². The predicted octanol–water partition coefficient (Wildman–Crippen LogP) is 3.37. The van der Waals surface area contributed by atoms with Crippen LogP contribution >= 0.6 is 15.9 Å². The molecular weight excluding hydrogens is 294 g/mol. The van der Waals surface area contributed by atoms with Gasteiger partial charge in [-0.15, -0.1) is 0 Å². The first-order valence-electron chi connectivity index (χ1n) is 6.20. The van der Waals surface area contributed by atoms with Crippen LogP contribution in [0.15, 0.2) is 10.5 Å².